The van der Waals surface area contributed by atoms with E-state index in [1.54, 1.807) is 0 Å². The molecule has 5 heteroatoms. The molecule has 2 rings (SSSR count). The van der Waals surface area contributed by atoms with Crippen LogP contribution in [-0.2, 0) is 9.59 Å². The second kappa shape index (κ2) is 6.37. The van der Waals surface area contributed by atoms with E-state index in [2.05, 4.69) is 12.2 Å². The number of carbonyl (C=O) groups excluding carboxylic acids is 1. The summed E-state index contributed by atoms with van der Waals surface area (Å²) in [6.07, 6.45) is 5.00. The van der Waals surface area contributed by atoms with E-state index in [9.17, 15) is 9.59 Å². The first kappa shape index (κ1) is 14.3. The Bertz CT molecular complexity index is 340. The number of aliphatic carboxylic acids is 1. The summed E-state index contributed by atoms with van der Waals surface area (Å²) in [5.74, 6) is 0.144. The minimum Gasteiger partial charge on any atom is -0.481 e. The zero-order valence-electron chi connectivity index (χ0n) is 11.6. The molecule has 0 aromatic carbocycles. The molecule has 19 heavy (non-hydrogen) atoms. The normalized spacial score (nSPS) is 28.7. The van der Waals surface area contributed by atoms with Gasteiger partial charge in [-0.05, 0) is 24.7 Å². The number of nitrogens with one attached hydrogen (secondary N) is 1. The average Bonchev–Trinajstić information content (AvgIpc) is 2.29. The van der Waals surface area contributed by atoms with Gasteiger partial charge in [-0.25, -0.2) is 0 Å². The van der Waals surface area contributed by atoms with Gasteiger partial charge in [0.05, 0.1) is 13.0 Å². The van der Waals surface area contributed by atoms with Crippen LogP contribution in [0.1, 0.15) is 39.0 Å². The SMILES string of the molecule is CC1CCCCC1NC(=O)CN1CC(CC(=O)O)C1. The molecular weight excluding hydrogens is 244 g/mol. The van der Waals surface area contributed by atoms with Gasteiger partial charge >= 0.3 is 5.97 Å². The minimum absolute atomic E-state index is 0.0903. The third kappa shape index (κ3) is 4.20. The standard InChI is InChI=1S/C14H24N2O3/c1-10-4-2-3-5-12(10)15-13(17)9-16-7-11(8-16)6-14(18)19/h10-12H,2-9H2,1H3,(H,15,17)(H,18,19). The molecule has 1 aliphatic heterocycles. The number of carbonyl (C=O) groups is 2. The summed E-state index contributed by atoms with van der Waals surface area (Å²) in [7, 11) is 0. The molecule has 2 atom stereocenters. The monoisotopic (exact) mass is 268 g/mol. The summed E-state index contributed by atoms with van der Waals surface area (Å²) in [4.78, 5) is 24.5. The second-order valence-electron chi connectivity index (χ2n) is 6.09. The maximum atomic E-state index is 11.9. The molecule has 2 N–H and O–H groups in total. The van der Waals surface area contributed by atoms with Crippen LogP contribution in [0.15, 0.2) is 0 Å². The van der Waals surface area contributed by atoms with Crippen LogP contribution in [0, 0.1) is 11.8 Å². The predicted molar refractivity (Wildman–Crippen MR) is 71.7 cm³/mol. The van der Waals surface area contributed by atoms with Crippen molar-refractivity contribution in [2.75, 3.05) is 19.6 Å². The lowest BCUT2D eigenvalue weighted by atomic mass is 9.86. The van der Waals surface area contributed by atoms with Crippen molar-refractivity contribution >= 4 is 11.9 Å². The Morgan fingerprint density at radius 3 is 2.58 bits per heavy atom. The van der Waals surface area contributed by atoms with E-state index in [0.29, 0.717) is 18.5 Å². The summed E-state index contributed by atoms with van der Waals surface area (Å²) in [6, 6.07) is 0.331. The molecule has 2 unspecified atom stereocenters. The van der Waals surface area contributed by atoms with Gasteiger partial charge in [-0.15, -0.1) is 0 Å². The molecule has 2 aliphatic rings. The zero-order chi connectivity index (χ0) is 13.8. The largest absolute Gasteiger partial charge is 0.481 e. The Morgan fingerprint density at radius 1 is 1.26 bits per heavy atom. The Hall–Kier alpha value is -1.10. The highest BCUT2D eigenvalue weighted by Gasteiger charge is 2.30. The van der Waals surface area contributed by atoms with Gasteiger partial charge in [0.15, 0.2) is 0 Å². The molecule has 1 aliphatic carbocycles. The van der Waals surface area contributed by atoms with Crippen molar-refractivity contribution in [2.24, 2.45) is 11.8 Å². The van der Waals surface area contributed by atoms with Crippen LogP contribution in [-0.4, -0.2) is 47.6 Å². The van der Waals surface area contributed by atoms with Crippen molar-refractivity contribution in [1.82, 2.24) is 10.2 Å². The Balaban J connectivity index is 1.64. The molecule has 5 nitrogen and oxygen atoms in total. The van der Waals surface area contributed by atoms with Crippen LogP contribution in [0.3, 0.4) is 0 Å². The van der Waals surface area contributed by atoms with Gasteiger partial charge in [-0.3, -0.25) is 14.5 Å². The Labute approximate surface area is 114 Å². The van der Waals surface area contributed by atoms with E-state index in [1.165, 1.54) is 19.3 Å². The molecule has 1 saturated carbocycles. The third-order valence-electron chi connectivity index (χ3n) is 4.32. The number of likely N-dealkylation sites (tertiary alicyclic amines) is 1. The first-order valence-electron chi connectivity index (χ1n) is 7.28. The summed E-state index contributed by atoms with van der Waals surface area (Å²) < 4.78 is 0. The van der Waals surface area contributed by atoms with Gasteiger partial charge < -0.3 is 10.4 Å². The van der Waals surface area contributed by atoms with Crippen molar-refractivity contribution in [3.05, 3.63) is 0 Å². The second-order valence-corrected chi connectivity index (χ2v) is 6.09. The lowest BCUT2D eigenvalue weighted by Gasteiger charge is -2.38. The maximum absolute atomic E-state index is 11.9. The first-order chi connectivity index (χ1) is 9.04. The highest BCUT2D eigenvalue weighted by molar-refractivity contribution is 5.78. The van der Waals surface area contributed by atoms with E-state index in [0.717, 1.165) is 19.5 Å². The van der Waals surface area contributed by atoms with E-state index < -0.39 is 5.97 Å². The molecule has 0 bridgehead atoms. The number of amides is 1. The lowest BCUT2D eigenvalue weighted by Crippen LogP contribution is -2.53. The topological polar surface area (TPSA) is 69.6 Å². The van der Waals surface area contributed by atoms with E-state index in [-0.39, 0.29) is 18.2 Å². The minimum atomic E-state index is -0.745. The molecule has 0 spiro atoms. The number of rotatable bonds is 5. The average molecular weight is 268 g/mol. The van der Waals surface area contributed by atoms with Gasteiger partial charge in [0.2, 0.25) is 5.91 Å². The molecular formula is C14H24N2O3. The fourth-order valence-electron chi connectivity index (χ4n) is 3.17. The van der Waals surface area contributed by atoms with Crippen LogP contribution >= 0.6 is 0 Å². The van der Waals surface area contributed by atoms with E-state index in [1.807, 2.05) is 4.90 Å². The first-order valence-corrected chi connectivity index (χ1v) is 7.28. The molecule has 2 fully saturated rings. The molecule has 1 amide bonds. The number of carboxylic acid groups (broad SMARTS) is 1. The third-order valence-corrected chi connectivity index (χ3v) is 4.32. The van der Waals surface area contributed by atoms with Crippen LogP contribution in [0.5, 0.6) is 0 Å². The number of carboxylic acids is 1. The molecule has 108 valence electrons. The van der Waals surface area contributed by atoms with Gasteiger partial charge in [0.1, 0.15) is 0 Å². The van der Waals surface area contributed by atoms with Gasteiger partial charge in [0.25, 0.3) is 0 Å². The summed E-state index contributed by atoms with van der Waals surface area (Å²) in [5.41, 5.74) is 0. The summed E-state index contributed by atoms with van der Waals surface area (Å²) >= 11 is 0. The van der Waals surface area contributed by atoms with Crippen molar-refractivity contribution in [3.8, 4) is 0 Å². The Morgan fingerprint density at radius 2 is 1.95 bits per heavy atom. The molecule has 0 aromatic rings. The highest BCUT2D eigenvalue weighted by atomic mass is 16.4. The molecule has 0 radical (unpaired) electrons. The summed E-state index contributed by atoms with van der Waals surface area (Å²) in [6.45, 7) is 4.09. The van der Waals surface area contributed by atoms with Crippen molar-refractivity contribution in [2.45, 2.75) is 45.1 Å². The molecule has 1 heterocycles. The number of hydrogen-bond donors (Lipinski definition) is 2. The lowest BCUT2D eigenvalue weighted by molar-refractivity contribution is -0.139. The summed E-state index contributed by atoms with van der Waals surface area (Å²) in [5, 5.41) is 11.8. The predicted octanol–water partition coefficient (Wildman–Crippen LogP) is 1.09. The smallest absolute Gasteiger partial charge is 0.303 e. The quantitative estimate of drug-likeness (QED) is 0.783. The maximum Gasteiger partial charge on any atom is 0.303 e. The van der Waals surface area contributed by atoms with Gasteiger partial charge in [0, 0.05) is 19.1 Å². The van der Waals surface area contributed by atoms with Gasteiger partial charge in [-0.1, -0.05) is 19.8 Å². The van der Waals surface area contributed by atoms with Crippen LogP contribution in [0.2, 0.25) is 0 Å². The van der Waals surface area contributed by atoms with Crippen molar-refractivity contribution < 1.29 is 14.7 Å². The van der Waals surface area contributed by atoms with Crippen molar-refractivity contribution in [1.29, 1.82) is 0 Å². The fraction of sp³-hybridized carbons (Fsp3) is 0.857. The van der Waals surface area contributed by atoms with Crippen LogP contribution in [0.25, 0.3) is 0 Å². The molecule has 1 saturated heterocycles. The fourth-order valence-corrected chi connectivity index (χ4v) is 3.17. The number of hydrogen-bond acceptors (Lipinski definition) is 3. The zero-order valence-corrected chi connectivity index (χ0v) is 11.6. The van der Waals surface area contributed by atoms with Gasteiger partial charge in [-0.2, -0.15) is 0 Å². The van der Waals surface area contributed by atoms with E-state index >= 15 is 0 Å². The highest BCUT2D eigenvalue weighted by Crippen LogP contribution is 2.24. The number of nitrogens with zero attached hydrogens (tertiary/aromatic N) is 1. The van der Waals surface area contributed by atoms with Crippen LogP contribution < -0.4 is 5.32 Å². The Kier molecular flexibility index (Phi) is 4.80. The van der Waals surface area contributed by atoms with Crippen LogP contribution in [0.4, 0.5) is 0 Å². The van der Waals surface area contributed by atoms with E-state index in [4.69, 9.17) is 5.11 Å². The molecule has 0 aromatic heterocycles. The van der Waals surface area contributed by atoms with Crippen molar-refractivity contribution in [3.63, 3.8) is 0 Å².